The topological polar surface area (TPSA) is 84.2 Å². The number of hydrogen-bond acceptors (Lipinski definition) is 4. The fraction of sp³-hybridized carbons (Fsp3) is 0.375. The molecule has 168 valence electrons. The number of hydrogen-bond donors (Lipinski definition) is 2. The SMILES string of the molecule is CC(C)(O)c1cc2nn([C@H]3CC[C@H](C=O)CC3)cc2cc1NC(=O)c1cccc(Cl)c1Cl. The Labute approximate surface area is 196 Å². The summed E-state index contributed by atoms with van der Waals surface area (Å²) >= 11 is 12.3. The average Bonchev–Trinajstić information content (AvgIpc) is 3.17. The minimum atomic E-state index is -1.21. The summed E-state index contributed by atoms with van der Waals surface area (Å²) in [6, 6.07) is 8.72. The van der Waals surface area contributed by atoms with Crippen molar-refractivity contribution in [1.82, 2.24) is 9.78 Å². The molecule has 32 heavy (non-hydrogen) atoms. The van der Waals surface area contributed by atoms with Crippen molar-refractivity contribution >= 4 is 52.0 Å². The number of fused-ring (bicyclic) bond motifs is 1. The van der Waals surface area contributed by atoms with E-state index in [1.54, 1.807) is 38.1 Å². The van der Waals surface area contributed by atoms with E-state index in [-0.39, 0.29) is 22.5 Å². The van der Waals surface area contributed by atoms with E-state index in [0.717, 1.165) is 42.9 Å². The number of aldehydes is 1. The number of rotatable bonds is 5. The molecule has 8 heteroatoms. The van der Waals surface area contributed by atoms with E-state index in [2.05, 4.69) is 5.32 Å². The van der Waals surface area contributed by atoms with E-state index >= 15 is 0 Å². The molecule has 1 aliphatic rings. The first-order valence-electron chi connectivity index (χ1n) is 10.6. The van der Waals surface area contributed by atoms with Crippen LogP contribution < -0.4 is 5.32 Å². The summed E-state index contributed by atoms with van der Waals surface area (Å²) in [6.45, 7) is 3.32. The van der Waals surface area contributed by atoms with Gasteiger partial charge in [0.25, 0.3) is 5.91 Å². The van der Waals surface area contributed by atoms with Crippen LogP contribution in [0.15, 0.2) is 36.5 Å². The predicted molar refractivity (Wildman–Crippen MR) is 126 cm³/mol. The number of nitrogens with zero attached hydrogens (tertiary/aromatic N) is 2. The van der Waals surface area contributed by atoms with Gasteiger partial charge in [-0.2, -0.15) is 5.10 Å². The zero-order valence-electron chi connectivity index (χ0n) is 17.9. The van der Waals surface area contributed by atoms with E-state index in [4.69, 9.17) is 28.3 Å². The van der Waals surface area contributed by atoms with Gasteiger partial charge in [-0.15, -0.1) is 0 Å². The molecule has 1 heterocycles. The van der Waals surface area contributed by atoms with Crippen molar-refractivity contribution in [3.63, 3.8) is 0 Å². The van der Waals surface area contributed by atoms with Crippen LogP contribution in [-0.2, 0) is 10.4 Å². The third kappa shape index (κ3) is 4.53. The third-order valence-electron chi connectivity index (χ3n) is 6.07. The number of carbonyl (C=O) groups excluding carboxylic acids is 2. The fourth-order valence-electron chi connectivity index (χ4n) is 4.26. The number of benzene rings is 2. The lowest BCUT2D eigenvalue weighted by Crippen LogP contribution is -2.21. The van der Waals surface area contributed by atoms with Crippen LogP contribution in [0.1, 0.15) is 61.5 Å². The molecule has 1 amide bonds. The molecule has 1 fully saturated rings. The predicted octanol–water partition coefficient (Wildman–Crippen LogP) is 5.75. The van der Waals surface area contributed by atoms with Crippen molar-refractivity contribution in [1.29, 1.82) is 0 Å². The normalized spacial score (nSPS) is 19.2. The minimum absolute atomic E-state index is 0.137. The van der Waals surface area contributed by atoms with Gasteiger partial charge in [-0.05, 0) is 63.8 Å². The molecule has 0 spiro atoms. The highest BCUT2D eigenvalue weighted by Crippen LogP contribution is 2.36. The second-order valence-corrected chi connectivity index (χ2v) is 9.67. The number of amides is 1. The van der Waals surface area contributed by atoms with Crippen LogP contribution in [0.25, 0.3) is 10.9 Å². The van der Waals surface area contributed by atoms with Crippen LogP contribution >= 0.6 is 23.2 Å². The zero-order valence-corrected chi connectivity index (χ0v) is 19.5. The summed E-state index contributed by atoms with van der Waals surface area (Å²) in [5, 5.41) is 19.7. The van der Waals surface area contributed by atoms with Gasteiger partial charge in [-0.1, -0.05) is 29.3 Å². The molecule has 1 aromatic heterocycles. The highest BCUT2D eigenvalue weighted by Gasteiger charge is 2.26. The van der Waals surface area contributed by atoms with Crippen LogP contribution in [-0.4, -0.2) is 27.1 Å². The first kappa shape index (κ1) is 22.8. The molecule has 4 rings (SSSR count). The Hall–Kier alpha value is -2.41. The van der Waals surface area contributed by atoms with Crippen molar-refractivity contribution in [3.05, 3.63) is 57.7 Å². The summed E-state index contributed by atoms with van der Waals surface area (Å²) < 4.78 is 1.94. The maximum Gasteiger partial charge on any atom is 0.257 e. The molecule has 0 radical (unpaired) electrons. The fourth-order valence-corrected chi connectivity index (χ4v) is 4.64. The lowest BCUT2D eigenvalue weighted by Gasteiger charge is -2.25. The Morgan fingerprint density at radius 1 is 1.22 bits per heavy atom. The van der Waals surface area contributed by atoms with Gasteiger partial charge in [0, 0.05) is 28.8 Å². The molecular formula is C24H25Cl2N3O3. The number of aliphatic hydroxyl groups is 1. The lowest BCUT2D eigenvalue weighted by molar-refractivity contribution is -0.112. The molecule has 0 saturated heterocycles. The monoisotopic (exact) mass is 473 g/mol. The number of aromatic nitrogens is 2. The quantitative estimate of drug-likeness (QED) is 0.461. The Morgan fingerprint density at radius 3 is 2.59 bits per heavy atom. The van der Waals surface area contributed by atoms with Gasteiger partial charge in [0.15, 0.2) is 0 Å². The van der Waals surface area contributed by atoms with Gasteiger partial charge in [0.1, 0.15) is 6.29 Å². The molecular weight excluding hydrogens is 449 g/mol. The lowest BCUT2D eigenvalue weighted by atomic mass is 9.87. The Bertz CT molecular complexity index is 1180. The number of nitrogens with one attached hydrogen (secondary N) is 1. The molecule has 6 nitrogen and oxygen atoms in total. The second kappa shape index (κ2) is 8.85. The van der Waals surface area contributed by atoms with E-state index < -0.39 is 11.5 Å². The second-order valence-electron chi connectivity index (χ2n) is 8.88. The maximum atomic E-state index is 12.9. The summed E-state index contributed by atoms with van der Waals surface area (Å²) in [7, 11) is 0. The summed E-state index contributed by atoms with van der Waals surface area (Å²) in [4.78, 5) is 24.0. The molecule has 2 N–H and O–H groups in total. The van der Waals surface area contributed by atoms with Gasteiger partial charge in [0.05, 0.1) is 32.8 Å². The van der Waals surface area contributed by atoms with Crippen LogP contribution in [0.3, 0.4) is 0 Å². The van der Waals surface area contributed by atoms with Gasteiger partial charge < -0.3 is 15.2 Å². The standard InChI is InChI=1S/C24H25Cl2N3O3/c1-24(2,32)18-11-20-15(12-29(28-20)16-8-6-14(13-30)7-9-16)10-21(18)27-23(31)17-4-3-5-19(25)22(17)26/h3-5,10-14,16,32H,6-9H2,1-2H3,(H,27,31)/t14-,16-. The Morgan fingerprint density at radius 2 is 1.94 bits per heavy atom. The summed E-state index contributed by atoms with van der Waals surface area (Å²) in [5.41, 5.74) is 0.810. The molecule has 0 atom stereocenters. The van der Waals surface area contributed by atoms with Crippen molar-refractivity contribution < 1.29 is 14.7 Å². The number of anilines is 1. The largest absolute Gasteiger partial charge is 0.386 e. The molecule has 0 unspecified atom stereocenters. The smallest absolute Gasteiger partial charge is 0.257 e. The zero-order chi connectivity index (χ0) is 23.0. The van der Waals surface area contributed by atoms with Crippen molar-refractivity contribution in [2.24, 2.45) is 5.92 Å². The van der Waals surface area contributed by atoms with Crippen LogP contribution in [0, 0.1) is 5.92 Å². The first-order valence-corrected chi connectivity index (χ1v) is 11.4. The Balaban J connectivity index is 1.69. The minimum Gasteiger partial charge on any atom is -0.386 e. The van der Waals surface area contributed by atoms with E-state index in [9.17, 15) is 14.7 Å². The first-order chi connectivity index (χ1) is 15.2. The van der Waals surface area contributed by atoms with Crippen LogP contribution in [0.4, 0.5) is 5.69 Å². The van der Waals surface area contributed by atoms with E-state index in [0.29, 0.717) is 16.3 Å². The van der Waals surface area contributed by atoms with E-state index in [1.807, 2.05) is 16.9 Å². The summed E-state index contributed by atoms with van der Waals surface area (Å²) in [6.07, 6.45) is 6.52. The molecule has 0 bridgehead atoms. The maximum absolute atomic E-state index is 12.9. The van der Waals surface area contributed by atoms with Gasteiger partial charge >= 0.3 is 0 Å². The molecule has 1 aliphatic carbocycles. The van der Waals surface area contributed by atoms with Crippen molar-refractivity contribution in [3.8, 4) is 0 Å². The molecule has 0 aliphatic heterocycles. The van der Waals surface area contributed by atoms with Crippen molar-refractivity contribution in [2.45, 2.75) is 51.2 Å². The third-order valence-corrected chi connectivity index (χ3v) is 6.89. The highest BCUT2D eigenvalue weighted by atomic mass is 35.5. The van der Waals surface area contributed by atoms with Crippen molar-refractivity contribution in [2.75, 3.05) is 5.32 Å². The number of carbonyl (C=O) groups is 2. The van der Waals surface area contributed by atoms with Gasteiger partial charge in [0.2, 0.25) is 0 Å². The van der Waals surface area contributed by atoms with Gasteiger partial charge in [-0.3, -0.25) is 9.48 Å². The molecule has 3 aromatic rings. The van der Waals surface area contributed by atoms with Crippen LogP contribution in [0.5, 0.6) is 0 Å². The van der Waals surface area contributed by atoms with Gasteiger partial charge in [-0.25, -0.2) is 0 Å². The number of halogens is 2. The van der Waals surface area contributed by atoms with E-state index in [1.165, 1.54) is 0 Å². The highest BCUT2D eigenvalue weighted by molar-refractivity contribution is 6.44. The molecule has 1 saturated carbocycles. The van der Waals surface area contributed by atoms with Crippen LogP contribution in [0.2, 0.25) is 10.0 Å². The Kier molecular flexibility index (Phi) is 6.30. The summed E-state index contributed by atoms with van der Waals surface area (Å²) in [5.74, 6) is -0.278. The average molecular weight is 474 g/mol. The molecule has 2 aromatic carbocycles.